The van der Waals surface area contributed by atoms with Gasteiger partial charge in [-0.05, 0) is 30.2 Å². The Morgan fingerprint density at radius 1 is 1.13 bits per heavy atom. The maximum absolute atomic E-state index is 11.7. The summed E-state index contributed by atoms with van der Waals surface area (Å²) in [5, 5.41) is 0. The van der Waals surface area contributed by atoms with Gasteiger partial charge >= 0.3 is 0 Å². The van der Waals surface area contributed by atoms with Crippen molar-refractivity contribution in [2.45, 2.75) is 39.7 Å². The lowest BCUT2D eigenvalue weighted by atomic mass is 9.89. The second kappa shape index (κ2) is 10.3. The molecule has 0 unspecified atom stereocenters. The number of hydrogen-bond donors (Lipinski definition) is 0. The van der Waals surface area contributed by atoms with Crippen molar-refractivity contribution >= 4 is 21.7 Å². The van der Waals surface area contributed by atoms with Gasteiger partial charge in [0.1, 0.15) is 0 Å². The molecule has 0 aromatic heterocycles. The summed E-state index contributed by atoms with van der Waals surface area (Å²) in [6.45, 7) is 5.45. The van der Waals surface area contributed by atoms with Crippen molar-refractivity contribution in [3.63, 3.8) is 0 Å². The Morgan fingerprint density at radius 3 is 2.48 bits per heavy atom. The fraction of sp³-hybridized carbons (Fsp3) is 0.647. The summed E-state index contributed by atoms with van der Waals surface area (Å²) in [4.78, 5) is 0. The van der Waals surface area contributed by atoms with Gasteiger partial charge in [-0.15, -0.1) is 11.6 Å². The minimum atomic E-state index is -3.46. The predicted octanol–water partition coefficient (Wildman–Crippen LogP) is 3.98. The molecular weight excluding hydrogens is 336 g/mol. The molecule has 0 radical (unpaired) electrons. The molecule has 0 bridgehead atoms. The first-order chi connectivity index (χ1) is 10.8. The first-order valence-corrected chi connectivity index (χ1v) is 10.0. The van der Waals surface area contributed by atoms with Crippen molar-refractivity contribution < 1.29 is 17.3 Å². The molecule has 0 atom stereocenters. The summed E-state index contributed by atoms with van der Waals surface area (Å²) in [5.74, 6) is 0.303. The van der Waals surface area contributed by atoms with Crippen LogP contribution in [0.3, 0.4) is 0 Å². The Labute approximate surface area is 145 Å². The minimum absolute atomic E-state index is 0.0211. The zero-order valence-electron chi connectivity index (χ0n) is 14.0. The van der Waals surface area contributed by atoms with E-state index in [2.05, 4.69) is 0 Å². The van der Waals surface area contributed by atoms with E-state index in [9.17, 15) is 8.42 Å². The average Bonchev–Trinajstić information content (AvgIpc) is 2.52. The fourth-order valence-corrected chi connectivity index (χ4v) is 3.44. The largest absolute Gasteiger partial charge is 0.377 e. The number of halogens is 1. The van der Waals surface area contributed by atoms with E-state index >= 15 is 0 Å². The first kappa shape index (κ1) is 20.4. The van der Waals surface area contributed by atoms with Crippen LogP contribution in [0.25, 0.3) is 0 Å². The minimum Gasteiger partial charge on any atom is -0.377 e. The molecule has 0 amide bonds. The van der Waals surface area contributed by atoms with Gasteiger partial charge in [0.25, 0.3) is 10.1 Å². The first-order valence-electron chi connectivity index (χ1n) is 7.89. The second-order valence-corrected chi connectivity index (χ2v) is 8.51. The van der Waals surface area contributed by atoms with E-state index in [0.717, 1.165) is 18.4 Å². The number of ether oxygens (including phenoxy) is 1. The monoisotopic (exact) mass is 362 g/mol. The van der Waals surface area contributed by atoms with Gasteiger partial charge < -0.3 is 4.74 Å². The van der Waals surface area contributed by atoms with E-state index in [-0.39, 0.29) is 17.8 Å². The molecule has 0 aliphatic carbocycles. The number of rotatable bonds is 12. The van der Waals surface area contributed by atoms with Gasteiger partial charge in [0, 0.05) is 12.5 Å². The van der Waals surface area contributed by atoms with Crippen molar-refractivity contribution in [1.82, 2.24) is 0 Å². The molecule has 0 saturated heterocycles. The highest BCUT2D eigenvalue weighted by atomic mass is 35.5. The Balaban J connectivity index is 2.19. The molecule has 0 N–H and O–H groups in total. The standard InChI is InChI=1S/C17H27ClO4S/c1-17(2,15-22-23(19,20)13-7-11-18)10-6-12-21-14-16-8-4-3-5-9-16/h3-5,8-9H,6-7,10-15H2,1-2H3. The molecule has 23 heavy (non-hydrogen) atoms. The topological polar surface area (TPSA) is 52.6 Å². The Bertz CT molecular complexity index is 529. The highest BCUT2D eigenvalue weighted by Crippen LogP contribution is 2.23. The van der Waals surface area contributed by atoms with Gasteiger partial charge in [-0.3, -0.25) is 4.18 Å². The quantitative estimate of drug-likeness (QED) is 0.320. The second-order valence-electron chi connectivity index (χ2n) is 6.37. The molecule has 0 saturated carbocycles. The van der Waals surface area contributed by atoms with Gasteiger partial charge in [0.05, 0.1) is 19.0 Å². The van der Waals surface area contributed by atoms with Gasteiger partial charge in [-0.1, -0.05) is 44.2 Å². The van der Waals surface area contributed by atoms with E-state index in [1.165, 1.54) is 0 Å². The lowest BCUT2D eigenvalue weighted by Crippen LogP contribution is -2.24. The summed E-state index contributed by atoms with van der Waals surface area (Å²) >= 11 is 5.51. The molecule has 1 rings (SSSR count). The van der Waals surface area contributed by atoms with Gasteiger partial charge in [-0.2, -0.15) is 8.42 Å². The van der Waals surface area contributed by atoms with Crippen LogP contribution in [-0.4, -0.2) is 33.3 Å². The zero-order valence-corrected chi connectivity index (χ0v) is 15.5. The smallest absolute Gasteiger partial charge is 0.267 e. The number of alkyl halides is 1. The SMILES string of the molecule is CC(C)(CCCOCc1ccccc1)COS(=O)(=O)CCCCl. The molecule has 4 nitrogen and oxygen atoms in total. The third-order valence-corrected chi connectivity index (χ3v) is 4.94. The maximum atomic E-state index is 11.7. The molecule has 132 valence electrons. The van der Waals surface area contributed by atoms with Gasteiger partial charge in [0.15, 0.2) is 0 Å². The Kier molecular flexibility index (Phi) is 9.14. The van der Waals surface area contributed by atoms with Crippen LogP contribution in [0.4, 0.5) is 0 Å². The summed E-state index contributed by atoms with van der Waals surface area (Å²) in [7, 11) is -3.46. The summed E-state index contributed by atoms with van der Waals surface area (Å²) < 4.78 is 34.1. The summed E-state index contributed by atoms with van der Waals surface area (Å²) in [6.07, 6.45) is 2.12. The van der Waals surface area contributed by atoms with Crippen molar-refractivity contribution in [3.8, 4) is 0 Å². The lowest BCUT2D eigenvalue weighted by Gasteiger charge is -2.24. The lowest BCUT2D eigenvalue weighted by molar-refractivity contribution is 0.0988. The van der Waals surface area contributed by atoms with E-state index in [1.54, 1.807) is 0 Å². The Morgan fingerprint density at radius 2 is 1.83 bits per heavy atom. The van der Waals surface area contributed by atoms with Crippen LogP contribution >= 0.6 is 11.6 Å². The summed E-state index contributed by atoms with van der Waals surface area (Å²) in [5.41, 5.74) is 0.949. The molecule has 1 aromatic carbocycles. The van der Waals surface area contributed by atoms with Crippen LogP contribution in [0.5, 0.6) is 0 Å². The van der Waals surface area contributed by atoms with Crippen LogP contribution in [-0.2, 0) is 25.6 Å². The fourth-order valence-electron chi connectivity index (χ4n) is 2.03. The summed E-state index contributed by atoms with van der Waals surface area (Å²) in [6, 6.07) is 10.0. The molecule has 0 heterocycles. The van der Waals surface area contributed by atoms with Gasteiger partial charge in [0.2, 0.25) is 0 Å². The number of benzene rings is 1. The number of hydrogen-bond acceptors (Lipinski definition) is 4. The van der Waals surface area contributed by atoms with Gasteiger partial charge in [-0.25, -0.2) is 0 Å². The maximum Gasteiger partial charge on any atom is 0.267 e. The highest BCUT2D eigenvalue weighted by molar-refractivity contribution is 7.86. The van der Waals surface area contributed by atoms with Crippen molar-refractivity contribution in [2.75, 3.05) is 24.8 Å². The normalized spacial score (nSPS) is 12.5. The van der Waals surface area contributed by atoms with Crippen LogP contribution in [0, 0.1) is 5.41 Å². The van der Waals surface area contributed by atoms with Crippen LogP contribution < -0.4 is 0 Å². The van der Waals surface area contributed by atoms with Crippen LogP contribution in [0.2, 0.25) is 0 Å². The molecule has 0 aliphatic heterocycles. The van der Waals surface area contributed by atoms with E-state index in [1.807, 2.05) is 44.2 Å². The van der Waals surface area contributed by atoms with Crippen molar-refractivity contribution in [3.05, 3.63) is 35.9 Å². The van der Waals surface area contributed by atoms with Crippen LogP contribution in [0.15, 0.2) is 30.3 Å². The molecular formula is C17H27ClO4S. The van der Waals surface area contributed by atoms with Crippen molar-refractivity contribution in [2.24, 2.45) is 5.41 Å². The van der Waals surface area contributed by atoms with E-state index in [4.69, 9.17) is 20.5 Å². The third kappa shape index (κ3) is 9.97. The zero-order chi connectivity index (χ0) is 17.2. The predicted molar refractivity (Wildman–Crippen MR) is 94.2 cm³/mol. The molecule has 0 aliphatic rings. The molecule has 1 aromatic rings. The van der Waals surface area contributed by atoms with E-state index < -0.39 is 10.1 Å². The molecule has 6 heteroatoms. The third-order valence-electron chi connectivity index (χ3n) is 3.41. The average molecular weight is 363 g/mol. The molecule has 0 spiro atoms. The Hall–Kier alpha value is -0.620. The van der Waals surface area contributed by atoms with E-state index in [0.29, 0.717) is 25.5 Å². The van der Waals surface area contributed by atoms with Crippen LogP contribution in [0.1, 0.15) is 38.7 Å². The molecule has 0 fully saturated rings. The highest BCUT2D eigenvalue weighted by Gasteiger charge is 2.22. The van der Waals surface area contributed by atoms with Crippen molar-refractivity contribution in [1.29, 1.82) is 0 Å².